The molecule has 0 amide bonds. The minimum absolute atomic E-state index is 0.770. The lowest BCUT2D eigenvalue weighted by Crippen LogP contribution is -1.96. The van der Waals surface area contributed by atoms with Crippen LogP contribution in [-0.4, -0.2) is 9.97 Å². The van der Waals surface area contributed by atoms with Gasteiger partial charge in [-0.3, -0.25) is 0 Å². The minimum Gasteiger partial charge on any atom is -0.228 e. The monoisotopic (exact) mass is 296 g/mol. The second-order valence-electron chi connectivity index (χ2n) is 5.60. The van der Waals surface area contributed by atoms with Gasteiger partial charge in [0.2, 0.25) is 0 Å². The summed E-state index contributed by atoms with van der Waals surface area (Å²) >= 11 is 0. The summed E-state index contributed by atoms with van der Waals surface area (Å²) in [5, 5.41) is 1.09. The van der Waals surface area contributed by atoms with Crippen molar-refractivity contribution in [3.8, 4) is 22.6 Å². The lowest BCUT2D eigenvalue weighted by Gasteiger charge is -2.10. The molecule has 3 aromatic carbocycles. The van der Waals surface area contributed by atoms with Gasteiger partial charge in [-0.15, -0.1) is 0 Å². The highest BCUT2D eigenvalue weighted by atomic mass is 14.9. The normalized spacial score (nSPS) is 10.8. The first kappa shape index (κ1) is 13.6. The van der Waals surface area contributed by atoms with E-state index in [4.69, 9.17) is 9.97 Å². The van der Waals surface area contributed by atoms with E-state index in [2.05, 4.69) is 37.3 Å². The van der Waals surface area contributed by atoms with Crippen molar-refractivity contribution in [1.29, 1.82) is 0 Å². The highest BCUT2D eigenvalue weighted by Crippen LogP contribution is 2.30. The molecule has 0 saturated carbocycles. The third kappa shape index (κ3) is 2.49. The minimum atomic E-state index is 0.770. The molecule has 0 aliphatic rings. The van der Waals surface area contributed by atoms with Crippen molar-refractivity contribution in [2.24, 2.45) is 0 Å². The number of aromatic nitrogens is 2. The van der Waals surface area contributed by atoms with Crippen LogP contribution in [0.15, 0.2) is 78.9 Å². The Morgan fingerprint density at radius 2 is 1.26 bits per heavy atom. The van der Waals surface area contributed by atoms with Gasteiger partial charge in [-0.25, -0.2) is 9.97 Å². The Labute approximate surface area is 135 Å². The predicted octanol–water partition coefficient (Wildman–Crippen LogP) is 5.27. The summed E-state index contributed by atoms with van der Waals surface area (Å²) in [5.74, 6) is 0.770. The number of hydrogen-bond donors (Lipinski definition) is 0. The van der Waals surface area contributed by atoms with Crippen molar-refractivity contribution in [3.63, 3.8) is 0 Å². The Morgan fingerprint density at radius 3 is 1.96 bits per heavy atom. The molecule has 4 aromatic rings. The number of hydrogen-bond acceptors (Lipinski definition) is 2. The van der Waals surface area contributed by atoms with Crippen molar-refractivity contribution >= 4 is 10.9 Å². The number of aryl methyl sites for hydroxylation is 1. The molecule has 1 aromatic heterocycles. The fraction of sp³-hybridized carbons (Fsp3) is 0.0476. The number of fused-ring (bicyclic) bond motifs is 1. The zero-order valence-electron chi connectivity index (χ0n) is 12.9. The molecule has 4 rings (SSSR count). The quantitative estimate of drug-likeness (QED) is 0.503. The van der Waals surface area contributed by atoms with Gasteiger partial charge in [0.1, 0.15) is 0 Å². The van der Waals surface area contributed by atoms with Crippen molar-refractivity contribution in [2.75, 3.05) is 0 Å². The Balaban J connectivity index is 2.06. The van der Waals surface area contributed by atoms with Gasteiger partial charge < -0.3 is 0 Å². The Hall–Kier alpha value is -3.00. The first-order valence-electron chi connectivity index (χ1n) is 7.71. The first-order valence-corrected chi connectivity index (χ1v) is 7.71. The number of para-hydroxylation sites is 1. The molecule has 110 valence electrons. The summed E-state index contributed by atoms with van der Waals surface area (Å²) in [6, 6.07) is 26.7. The molecule has 2 nitrogen and oxygen atoms in total. The molecule has 0 aliphatic heterocycles. The van der Waals surface area contributed by atoms with Gasteiger partial charge in [-0.05, 0) is 12.5 Å². The van der Waals surface area contributed by atoms with Crippen LogP contribution in [0.1, 0.15) is 5.56 Å². The van der Waals surface area contributed by atoms with E-state index < -0.39 is 0 Å². The van der Waals surface area contributed by atoms with Crippen LogP contribution in [0.2, 0.25) is 0 Å². The lowest BCUT2D eigenvalue weighted by molar-refractivity contribution is 1.22. The molecule has 0 bridgehead atoms. The van der Waals surface area contributed by atoms with Crippen molar-refractivity contribution < 1.29 is 0 Å². The van der Waals surface area contributed by atoms with Gasteiger partial charge in [0.15, 0.2) is 5.82 Å². The lowest BCUT2D eigenvalue weighted by atomic mass is 10.0. The number of nitrogens with zero attached hydrogens (tertiary/aromatic N) is 2. The third-order valence-corrected chi connectivity index (χ3v) is 4.01. The van der Waals surface area contributed by atoms with E-state index in [1.54, 1.807) is 0 Å². The molecule has 0 saturated heterocycles. The van der Waals surface area contributed by atoms with Crippen molar-refractivity contribution in [1.82, 2.24) is 9.97 Å². The van der Waals surface area contributed by atoms with Crippen molar-refractivity contribution in [2.45, 2.75) is 6.92 Å². The summed E-state index contributed by atoms with van der Waals surface area (Å²) in [7, 11) is 0. The summed E-state index contributed by atoms with van der Waals surface area (Å²) < 4.78 is 0. The van der Waals surface area contributed by atoms with Crippen LogP contribution in [0.25, 0.3) is 33.5 Å². The van der Waals surface area contributed by atoms with Crippen LogP contribution in [0.3, 0.4) is 0 Å². The molecule has 0 fully saturated rings. The van der Waals surface area contributed by atoms with Gasteiger partial charge in [0, 0.05) is 16.5 Å². The second kappa shape index (κ2) is 5.65. The Morgan fingerprint density at radius 1 is 0.609 bits per heavy atom. The van der Waals surface area contributed by atoms with Gasteiger partial charge in [-0.1, -0.05) is 78.9 Å². The summed E-state index contributed by atoms with van der Waals surface area (Å²) in [6.45, 7) is 2.10. The first-order chi connectivity index (χ1) is 11.3. The summed E-state index contributed by atoms with van der Waals surface area (Å²) in [6.07, 6.45) is 0. The molecule has 0 radical (unpaired) electrons. The summed E-state index contributed by atoms with van der Waals surface area (Å²) in [4.78, 5) is 9.69. The molecule has 0 aliphatic carbocycles. The highest BCUT2D eigenvalue weighted by molar-refractivity contribution is 5.95. The molecule has 2 heteroatoms. The second-order valence-corrected chi connectivity index (χ2v) is 5.60. The van der Waals surface area contributed by atoms with Crippen LogP contribution < -0.4 is 0 Å². The van der Waals surface area contributed by atoms with E-state index in [0.29, 0.717) is 0 Å². The van der Waals surface area contributed by atoms with E-state index in [-0.39, 0.29) is 0 Å². The van der Waals surface area contributed by atoms with Crippen LogP contribution in [-0.2, 0) is 0 Å². The SMILES string of the molecule is Cc1cccc2c(-c3ccccc3)nc(-c3ccccc3)nc12. The molecule has 23 heavy (non-hydrogen) atoms. The van der Waals surface area contributed by atoms with E-state index in [9.17, 15) is 0 Å². The largest absolute Gasteiger partial charge is 0.228 e. The van der Waals surface area contributed by atoms with E-state index in [1.165, 1.54) is 5.56 Å². The van der Waals surface area contributed by atoms with Crippen LogP contribution in [0.5, 0.6) is 0 Å². The smallest absolute Gasteiger partial charge is 0.160 e. The highest BCUT2D eigenvalue weighted by Gasteiger charge is 2.12. The topological polar surface area (TPSA) is 25.8 Å². The Kier molecular flexibility index (Phi) is 3.35. The molecule has 0 spiro atoms. The van der Waals surface area contributed by atoms with E-state index >= 15 is 0 Å². The van der Waals surface area contributed by atoms with Crippen LogP contribution >= 0.6 is 0 Å². The average Bonchev–Trinajstić information content (AvgIpc) is 2.63. The van der Waals surface area contributed by atoms with E-state index in [1.807, 2.05) is 48.5 Å². The maximum absolute atomic E-state index is 4.87. The molecular formula is C21H16N2. The standard InChI is InChI=1S/C21H16N2/c1-15-9-8-14-18-19(15)22-21(17-12-6-3-7-13-17)23-20(18)16-10-4-2-5-11-16/h2-14H,1H3. The van der Waals surface area contributed by atoms with E-state index in [0.717, 1.165) is 33.5 Å². The maximum Gasteiger partial charge on any atom is 0.160 e. The predicted molar refractivity (Wildman–Crippen MR) is 95.1 cm³/mol. The zero-order chi connectivity index (χ0) is 15.6. The fourth-order valence-corrected chi connectivity index (χ4v) is 2.83. The summed E-state index contributed by atoms with van der Waals surface area (Å²) in [5.41, 5.74) is 5.31. The van der Waals surface area contributed by atoms with Gasteiger partial charge in [0.05, 0.1) is 11.2 Å². The van der Waals surface area contributed by atoms with Gasteiger partial charge in [-0.2, -0.15) is 0 Å². The van der Waals surface area contributed by atoms with Crippen LogP contribution in [0.4, 0.5) is 0 Å². The fourth-order valence-electron chi connectivity index (χ4n) is 2.83. The molecule has 0 N–H and O–H groups in total. The molecular weight excluding hydrogens is 280 g/mol. The Bertz CT molecular complexity index is 961. The molecule has 0 atom stereocenters. The van der Waals surface area contributed by atoms with Gasteiger partial charge >= 0.3 is 0 Å². The third-order valence-electron chi connectivity index (χ3n) is 4.01. The number of benzene rings is 3. The maximum atomic E-state index is 4.87. The van der Waals surface area contributed by atoms with Gasteiger partial charge in [0.25, 0.3) is 0 Å². The van der Waals surface area contributed by atoms with Crippen LogP contribution in [0, 0.1) is 6.92 Å². The zero-order valence-corrected chi connectivity index (χ0v) is 12.9. The number of rotatable bonds is 2. The van der Waals surface area contributed by atoms with Crippen molar-refractivity contribution in [3.05, 3.63) is 84.4 Å². The molecule has 1 heterocycles. The molecule has 0 unspecified atom stereocenters. The average molecular weight is 296 g/mol.